The van der Waals surface area contributed by atoms with E-state index in [0.29, 0.717) is 32.4 Å². The van der Waals surface area contributed by atoms with Crippen LogP contribution < -0.4 is 0 Å². The highest BCUT2D eigenvalue weighted by Gasteiger charge is 2.47. The molecule has 1 N–H and O–H groups in total. The molecule has 3 saturated heterocycles. The zero-order chi connectivity index (χ0) is 18.2. The van der Waals surface area contributed by atoms with Gasteiger partial charge in [-0.25, -0.2) is 12.7 Å². The molecule has 0 aromatic rings. The van der Waals surface area contributed by atoms with E-state index < -0.39 is 16.0 Å². The highest BCUT2D eigenvalue weighted by molar-refractivity contribution is 7.89. The molecular formula is C16H26N2O6S. The lowest BCUT2D eigenvalue weighted by molar-refractivity contribution is -0.150. The number of sulfonamides is 1. The fourth-order valence-corrected chi connectivity index (χ4v) is 5.39. The van der Waals surface area contributed by atoms with Crippen molar-refractivity contribution < 1.29 is 27.9 Å². The highest BCUT2D eigenvalue weighted by Crippen LogP contribution is 2.40. The second kappa shape index (κ2) is 7.20. The number of nitrogens with zero attached hydrogens (tertiary/aromatic N) is 2. The van der Waals surface area contributed by atoms with Gasteiger partial charge < -0.3 is 14.7 Å². The average Bonchev–Trinajstić information content (AvgIpc) is 3.22. The number of aliphatic carboxylic acids is 1. The third-order valence-corrected chi connectivity index (χ3v) is 7.52. The molecule has 3 aliphatic heterocycles. The van der Waals surface area contributed by atoms with Gasteiger partial charge in [-0.15, -0.1) is 0 Å². The third kappa shape index (κ3) is 3.83. The van der Waals surface area contributed by atoms with Crippen molar-refractivity contribution in [1.29, 1.82) is 0 Å². The minimum Gasteiger partial charge on any atom is -0.480 e. The Morgan fingerprint density at radius 1 is 1.20 bits per heavy atom. The van der Waals surface area contributed by atoms with Crippen molar-refractivity contribution in [3.8, 4) is 0 Å². The molecule has 0 saturated carbocycles. The number of carboxylic acids is 1. The zero-order valence-corrected chi connectivity index (χ0v) is 15.3. The summed E-state index contributed by atoms with van der Waals surface area (Å²) in [7, 11) is -3.24. The van der Waals surface area contributed by atoms with E-state index in [1.807, 2.05) is 0 Å². The van der Waals surface area contributed by atoms with E-state index in [4.69, 9.17) is 4.74 Å². The van der Waals surface area contributed by atoms with Crippen LogP contribution in [0.5, 0.6) is 0 Å². The molecule has 3 unspecified atom stereocenters. The Balaban J connectivity index is 1.67. The Morgan fingerprint density at radius 3 is 2.36 bits per heavy atom. The van der Waals surface area contributed by atoms with Gasteiger partial charge in [-0.2, -0.15) is 0 Å². The first-order chi connectivity index (χ1) is 11.8. The summed E-state index contributed by atoms with van der Waals surface area (Å²) < 4.78 is 31.1. The molecule has 2 bridgehead atoms. The lowest BCUT2D eigenvalue weighted by Crippen LogP contribution is -2.52. The van der Waals surface area contributed by atoms with Crippen molar-refractivity contribution in [2.75, 3.05) is 25.4 Å². The summed E-state index contributed by atoms with van der Waals surface area (Å²) in [6, 6.07) is -0.231. The number of hydrogen-bond acceptors (Lipinski definition) is 5. The molecular weight excluding hydrogens is 348 g/mol. The Kier molecular flexibility index (Phi) is 5.36. The standard InChI is InChI=1S/C16H26N2O6S/c1-2-25(22,23)17-7-5-11(6-8-17)18(10-15(19)20)16(21)13-9-12-3-4-14(13)24-12/h11-14H,2-10H2,1H3,(H,19,20). The monoisotopic (exact) mass is 374 g/mol. The number of carbonyl (C=O) groups is 2. The van der Waals surface area contributed by atoms with Crippen LogP contribution in [0.4, 0.5) is 0 Å². The van der Waals surface area contributed by atoms with E-state index in [-0.39, 0.29) is 42.4 Å². The zero-order valence-electron chi connectivity index (χ0n) is 14.5. The van der Waals surface area contributed by atoms with Gasteiger partial charge in [-0.1, -0.05) is 0 Å². The maximum Gasteiger partial charge on any atom is 0.323 e. The first kappa shape index (κ1) is 18.6. The molecule has 25 heavy (non-hydrogen) atoms. The van der Waals surface area contributed by atoms with Crippen LogP contribution >= 0.6 is 0 Å². The van der Waals surface area contributed by atoms with E-state index >= 15 is 0 Å². The fourth-order valence-electron chi connectivity index (χ4n) is 4.26. The molecule has 9 heteroatoms. The summed E-state index contributed by atoms with van der Waals surface area (Å²) in [6.45, 7) is 1.93. The van der Waals surface area contributed by atoms with E-state index in [2.05, 4.69) is 0 Å². The molecule has 0 spiro atoms. The largest absolute Gasteiger partial charge is 0.480 e. The number of hydrogen-bond donors (Lipinski definition) is 1. The van der Waals surface area contributed by atoms with Crippen molar-refractivity contribution in [3.05, 3.63) is 0 Å². The Morgan fingerprint density at radius 2 is 1.88 bits per heavy atom. The third-order valence-electron chi connectivity index (χ3n) is 5.63. The molecule has 3 fully saturated rings. The summed E-state index contributed by atoms with van der Waals surface area (Å²) in [5.74, 6) is -1.39. The molecule has 8 nitrogen and oxygen atoms in total. The quantitative estimate of drug-likeness (QED) is 0.716. The Hall–Kier alpha value is -1.19. The van der Waals surface area contributed by atoms with Gasteiger partial charge in [0.05, 0.1) is 23.9 Å². The van der Waals surface area contributed by atoms with Gasteiger partial charge in [0.25, 0.3) is 0 Å². The van der Waals surface area contributed by atoms with Crippen LogP contribution in [0.1, 0.15) is 39.0 Å². The fraction of sp³-hybridized carbons (Fsp3) is 0.875. The summed E-state index contributed by atoms with van der Waals surface area (Å²) in [6.07, 6.45) is 3.48. The van der Waals surface area contributed by atoms with Crippen LogP contribution in [0.3, 0.4) is 0 Å². The number of piperidine rings is 1. The lowest BCUT2D eigenvalue weighted by Gasteiger charge is -2.38. The molecule has 142 valence electrons. The van der Waals surface area contributed by atoms with E-state index in [1.165, 1.54) is 9.21 Å². The predicted octanol–water partition coefficient (Wildman–Crippen LogP) is 0.281. The lowest BCUT2D eigenvalue weighted by atomic mass is 9.87. The van der Waals surface area contributed by atoms with Crippen molar-refractivity contribution >= 4 is 21.9 Å². The van der Waals surface area contributed by atoms with Gasteiger partial charge in [0.1, 0.15) is 6.54 Å². The van der Waals surface area contributed by atoms with E-state index in [1.54, 1.807) is 6.92 Å². The molecule has 1 amide bonds. The van der Waals surface area contributed by atoms with Gasteiger partial charge >= 0.3 is 5.97 Å². The molecule has 3 rings (SSSR count). The summed E-state index contributed by atoms with van der Waals surface area (Å²) in [5, 5.41) is 9.23. The van der Waals surface area contributed by atoms with Crippen molar-refractivity contribution in [2.24, 2.45) is 5.92 Å². The SMILES string of the molecule is CCS(=O)(=O)N1CCC(N(CC(=O)O)C(=O)C2CC3CCC2O3)CC1. The number of carbonyl (C=O) groups excluding carboxylic acids is 1. The van der Waals surface area contributed by atoms with Gasteiger partial charge in [-0.3, -0.25) is 9.59 Å². The van der Waals surface area contributed by atoms with Crippen LogP contribution in [-0.2, 0) is 24.3 Å². The molecule has 0 radical (unpaired) electrons. The number of amides is 1. The minimum atomic E-state index is -3.24. The molecule has 0 aromatic carbocycles. The normalized spacial score (nSPS) is 30.5. The van der Waals surface area contributed by atoms with E-state index in [0.717, 1.165) is 12.8 Å². The van der Waals surface area contributed by atoms with Crippen molar-refractivity contribution in [1.82, 2.24) is 9.21 Å². The van der Waals surface area contributed by atoms with Crippen LogP contribution in [0, 0.1) is 5.92 Å². The average molecular weight is 374 g/mol. The van der Waals surface area contributed by atoms with Gasteiger partial charge in [0, 0.05) is 19.1 Å². The highest BCUT2D eigenvalue weighted by atomic mass is 32.2. The second-order valence-corrected chi connectivity index (χ2v) is 9.36. The maximum absolute atomic E-state index is 13.0. The Labute approximate surface area is 148 Å². The molecule has 3 atom stereocenters. The molecule has 3 heterocycles. The van der Waals surface area contributed by atoms with Crippen LogP contribution in [0.25, 0.3) is 0 Å². The van der Waals surface area contributed by atoms with Crippen molar-refractivity contribution in [3.63, 3.8) is 0 Å². The van der Waals surface area contributed by atoms with Gasteiger partial charge in [0.15, 0.2) is 0 Å². The van der Waals surface area contributed by atoms with E-state index in [9.17, 15) is 23.1 Å². The molecule has 3 aliphatic rings. The summed E-state index contributed by atoms with van der Waals surface area (Å²) in [4.78, 5) is 25.7. The van der Waals surface area contributed by atoms with Crippen molar-refractivity contribution in [2.45, 2.75) is 57.3 Å². The molecule has 0 aliphatic carbocycles. The summed E-state index contributed by atoms with van der Waals surface area (Å²) >= 11 is 0. The second-order valence-electron chi connectivity index (χ2n) is 7.11. The first-order valence-corrected chi connectivity index (χ1v) is 10.6. The van der Waals surface area contributed by atoms with Crippen LogP contribution in [0.15, 0.2) is 0 Å². The summed E-state index contributed by atoms with van der Waals surface area (Å²) in [5.41, 5.74) is 0. The number of fused-ring (bicyclic) bond motifs is 2. The molecule has 0 aromatic heterocycles. The van der Waals surface area contributed by atoms with Gasteiger partial charge in [-0.05, 0) is 39.0 Å². The first-order valence-electron chi connectivity index (χ1n) is 8.97. The Bertz CT molecular complexity index is 629. The number of carboxylic acid groups (broad SMARTS) is 1. The topological polar surface area (TPSA) is 104 Å². The number of rotatable bonds is 6. The predicted molar refractivity (Wildman–Crippen MR) is 89.4 cm³/mol. The smallest absolute Gasteiger partial charge is 0.323 e. The van der Waals surface area contributed by atoms with Gasteiger partial charge in [0.2, 0.25) is 15.9 Å². The number of ether oxygens (including phenoxy) is 1. The van der Waals surface area contributed by atoms with Crippen LogP contribution in [0.2, 0.25) is 0 Å². The minimum absolute atomic E-state index is 0.0535. The van der Waals surface area contributed by atoms with Crippen LogP contribution in [-0.4, -0.2) is 78.2 Å². The maximum atomic E-state index is 13.0.